The number of ether oxygens (including phenoxy) is 1. The van der Waals surface area contributed by atoms with Gasteiger partial charge in [-0.15, -0.1) is 0 Å². The molecule has 1 atom stereocenters. The summed E-state index contributed by atoms with van der Waals surface area (Å²) in [5.74, 6) is -0.398. The van der Waals surface area contributed by atoms with Crippen LogP contribution in [0.25, 0.3) is 0 Å². The van der Waals surface area contributed by atoms with Crippen LogP contribution < -0.4 is 4.90 Å². The summed E-state index contributed by atoms with van der Waals surface area (Å²) in [6, 6.07) is 7.54. The van der Waals surface area contributed by atoms with Gasteiger partial charge in [-0.1, -0.05) is 18.2 Å². The largest absolute Gasteiger partial charge is 0.444 e. The van der Waals surface area contributed by atoms with Crippen LogP contribution >= 0.6 is 0 Å². The topological polar surface area (TPSA) is 46.6 Å². The van der Waals surface area contributed by atoms with Crippen LogP contribution in [-0.2, 0) is 19.9 Å². The Labute approximate surface area is 106 Å². The lowest BCUT2D eigenvalue weighted by Gasteiger charge is -2.26. The summed E-state index contributed by atoms with van der Waals surface area (Å²) in [5, 5.41) is 0. The molecular weight excluding hydrogens is 230 g/mol. The van der Waals surface area contributed by atoms with E-state index in [1.165, 1.54) is 0 Å². The molecule has 0 aliphatic carbocycles. The van der Waals surface area contributed by atoms with Gasteiger partial charge in [0.25, 0.3) is 5.91 Å². The zero-order valence-corrected chi connectivity index (χ0v) is 10.3. The van der Waals surface area contributed by atoms with Gasteiger partial charge in [0.1, 0.15) is 0 Å². The Morgan fingerprint density at radius 3 is 2.83 bits per heavy atom. The van der Waals surface area contributed by atoms with Crippen LogP contribution in [0.1, 0.15) is 31.2 Å². The van der Waals surface area contributed by atoms with Crippen molar-refractivity contribution in [2.75, 3.05) is 11.9 Å². The first-order valence-corrected chi connectivity index (χ1v) is 6.25. The average molecular weight is 245 g/mol. The third kappa shape index (κ3) is 1.38. The molecule has 1 amide bonds. The zero-order valence-electron chi connectivity index (χ0n) is 10.3. The molecule has 0 aromatic heterocycles. The van der Waals surface area contributed by atoms with Gasteiger partial charge in [0.2, 0.25) is 5.60 Å². The lowest BCUT2D eigenvalue weighted by molar-refractivity contribution is -0.166. The summed E-state index contributed by atoms with van der Waals surface area (Å²) >= 11 is 0. The number of carbonyl (C=O) groups is 2. The maximum absolute atomic E-state index is 12.5. The standard InChI is InChI=1S/C14H15NO3/c1-15-11-7-3-2-6-10(11)14(13(15)17)9-5-4-8-12(16)18-14/h2-3,6-7H,4-5,8-9H2,1H3/t14-/m1/s1. The van der Waals surface area contributed by atoms with Crippen molar-refractivity contribution in [2.45, 2.75) is 31.3 Å². The highest BCUT2D eigenvalue weighted by Gasteiger charge is 2.53. The summed E-state index contributed by atoms with van der Waals surface area (Å²) in [7, 11) is 1.73. The highest BCUT2D eigenvalue weighted by molar-refractivity contribution is 6.07. The Kier molecular flexibility index (Phi) is 2.40. The van der Waals surface area contributed by atoms with E-state index < -0.39 is 5.60 Å². The maximum atomic E-state index is 12.5. The molecule has 0 bridgehead atoms. The number of likely N-dealkylation sites (N-methyl/N-ethyl adjacent to an activating group) is 1. The fourth-order valence-corrected chi connectivity index (χ4v) is 2.88. The summed E-state index contributed by atoms with van der Waals surface area (Å²) in [4.78, 5) is 25.8. The van der Waals surface area contributed by atoms with Crippen LogP contribution in [0.5, 0.6) is 0 Å². The minimum absolute atomic E-state index is 0.126. The molecule has 1 aromatic carbocycles. The number of rotatable bonds is 0. The molecule has 1 aromatic rings. The van der Waals surface area contributed by atoms with E-state index in [0.717, 1.165) is 24.1 Å². The van der Waals surface area contributed by atoms with Crippen molar-refractivity contribution in [3.8, 4) is 0 Å². The van der Waals surface area contributed by atoms with Gasteiger partial charge in [-0.25, -0.2) is 0 Å². The molecule has 2 aliphatic rings. The van der Waals surface area contributed by atoms with E-state index in [9.17, 15) is 9.59 Å². The lowest BCUT2D eigenvalue weighted by atomic mass is 9.90. The number of para-hydroxylation sites is 1. The van der Waals surface area contributed by atoms with E-state index in [2.05, 4.69) is 0 Å². The minimum atomic E-state index is -1.07. The second kappa shape index (κ2) is 3.83. The molecule has 0 unspecified atom stereocenters. The third-order valence-corrected chi connectivity index (χ3v) is 3.80. The first kappa shape index (κ1) is 11.3. The quantitative estimate of drug-likeness (QED) is 0.656. The highest BCUT2D eigenvalue weighted by Crippen LogP contribution is 2.46. The Morgan fingerprint density at radius 2 is 2.00 bits per heavy atom. The number of benzene rings is 1. The summed E-state index contributed by atoms with van der Waals surface area (Å²) in [5.41, 5.74) is 0.601. The molecule has 4 heteroatoms. The molecular formula is C14H15NO3. The molecule has 94 valence electrons. The van der Waals surface area contributed by atoms with Gasteiger partial charge in [-0.2, -0.15) is 0 Å². The summed E-state index contributed by atoms with van der Waals surface area (Å²) < 4.78 is 5.54. The van der Waals surface area contributed by atoms with Crippen LogP contribution in [0.4, 0.5) is 5.69 Å². The molecule has 0 saturated carbocycles. The predicted octanol–water partition coefficient (Wildman–Crippen LogP) is 1.98. The van der Waals surface area contributed by atoms with Crippen LogP contribution in [0.3, 0.4) is 0 Å². The molecule has 4 nitrogen and oxygen atoms in total. The summed E-state index contributed by atoms with van der Waals surface area (Å²) in [6.07, 6.45) is 2.61. The molecule has 18 heavy (non-hydrogen) atoms. The van der Waals surface area contributed by atoms with Gasteiger partial charge in [-0.05, 0) is 18.9 Å². The highest BCUT2D eigenvalue weighted by atomic mass is 16.6. The summed E-state index contributed by atoms with van der Waals surface area (Å²) in [6.45, 7) is 0. The second-order valence-electron chi connectivity index (χ2n) is 4.89. The van der Waals surface area contributed by atoms with Crippen LogP contribution in [0, 0.1) is 0 Å². The molecule has 0 N–H and O–H groups in total. The number of amides is 1. The van der Waals surface area contributed by atoms with Gasteiger partial charge >= 0.3 is 5.97 Å². The SMILES string of the molecule is CN1C(=O)[C@@]2(CCCCC(=O)O2)c2ccccc21. The van der Waals surface area contributed by atoms with E-state index >= 15 is 0 Å². The number of esters is 1. The third-order valence-electron chi connectivity index (χ3n) is 3.80. The second-order valence-corrected chi connectivity index (χ2v) is 4.89. The zero-order chi connectivity index (χ0) is 12.8. The number of carbonyl (C=O) groups excluding carboxylic acids is 2. The van der Waals surface area contributed by atoms with Gasteiger partial charge in [0, 0.05) is 25.5 Å². The molecule has 1 fully saturated rings. The molecule has 1 spiro atoms. The Morgan fingerprint density at radius 1 is 1.22 bits per heavy atom. The number of hydrogen-bond acceptors (Lipinski definition) is 3. The fraction of sp³-hybridized carbons (Fsp3) is 0.429. The molecule has 0 radical (unpaired) electrons. The molecule has 1 saturated heterocycles. The van der Waals surface area contributed by atoms with E-state index in [1.807, 2.05) is 24.3 Å². The van der Waals surface area contributed by atoms with Crippen LogP contribution in [0.2, 0.25) is 0 Å². The predicted molar refractivity (Wildman–Crippen MR) is 66.1 cm³/mol. The van der Waals surface area contributed by atoms with Crippen molar-refractivity contribution in [2.24, 2.45) is 0 Å². The minimum Gasteiger partial charge on any atom is -0.444 e. The van der Waals surface area contributed by atoms with E-state index in [1.54, 1.807) is 11.9 Å². The van der Waals surface area contributed by atoms with Crippen LogP contribution in [-0.4, -0.2) is 18.9 Å². The van der Waals surface area contributed by atoms with Gasteiger partial charge < -0.3 is 9.64 Å². The number of nitrogens with zero attached hydrogens (tertiary/aromatic N) is 1. The number of anilines is 1. The fourth-order valence-electron chi connectivity index (χ4n) is 2.88. The molecule has 3 rings (SSSR count). The van der Waals surface area contributed by atoms with E-state index in [-0.39, 0.29) is 11.9 Å². The first-order chi connectivity index (χ1) is 8.65. The van der Waals surface area contributed by atoms with Crippen molar-refractivity contribution in [1.29, 1.82) is 0 Å². The monoisotopic (exact) mass is 245 g/mol. The van der Waals surface area contributed by atoms with Gasteiger partial charge in [0.05, 0.1) is 5.69 Å². The molecule has 2 aliphatic heterocycles. The maximum Gasteiger partial charge on any atom is 0.307 e. The number of hydrogen-bond donors (Lipinski definition) is 0. The van der Waals surface area contributed by atoms with Crippen molar-refractivity contribution in [3.63, 3.8) is 0 Å². The van der Waals surface area contributed by atoms with Crippen molar-refractivity contribution in [3.05, 3.63) is 29.8 Å². The molecule has 2 heterocycles. The van der Waals surface area contributed by atoms with Crippen LogP contribution in [0.15, 0.2) is 24.3 Å². The Hall–Kier alpha value is -1.84. The normalized spacial score (nSPS) is 27.1. The number of fused-ring (bicyclic) bond motifs is 2. The Bertz CT molecular complexity index is 526. The first-order valence-electron chi connectivity index (χ1n) is 6.25. The van der Waals surface area contributed by atoms with Crippen molar-refractivity contribution < 1.29 is 14.3 Å². The Balaban J connectivity index is 2.15. The smallest absolute Gasteiger partial charge is 0.307 e. The van der Waals surface area contributed by atoms with Crippen molar-refractivity contribution >= 4 is 17.6 Å². The van der Waals surface area contributed by atoms with Gasteiger partial charge in [0.15, 0.2) is 0 Å². The van der Waals surface area contributed by atoms with Crippen molar-refractivity contribution in [1.82, 2.24) is 0 Å². The lowest BCUT2D eigenvalue weighted by Crippen LogP contribution is -2.41. The average Bonchev–Trinajstić information content (AvgIpc) is 2.55. The van der Waals surface area contributed by atoms with Gasteiger partial charge in [-0.3, -0.25) is 9.59 Å². The van der Waals surface area contributed by atoms with E-state index in [0.29, 0.717) is 12.8 Å². The van der Waals surface area contributed by atoms with E-state index in [4.69, 9.17) is 4.74 Å².